The van der Waals surface area contributed by atoms with Crippen molar-refractivity contribution in [2.75, 3.05) is 0 Å². The van der Waals surface area contributed by atoms with Gasteiger partial charge in [-0.1, -0.05) is 60.3 Å². The van der Waals surface area contributed by atoms with Gasteiger partial charge in [-0.3, -0.25) is 0 Å². The van der Waals surface area contributed by atoms with Gasteiger partial charge in [0.2, 0.25) is 0 Å². The van der Waals surface area contributed by atoms with Crippen molar-refractivity contribution in [3.8, 4) is 0 Å². The fraction of sp³-hybridized carbons (Fsp3) is 0.125. The molecule has 0 saturated carbocycles. The van der Waals surface area contributed by atoms with Crippen molar-refractivity contribution >= 4 is 22.5 Å². The first-order chi connectivity index (χ1) is 9.86. The van der Waals surface area contributed by atoms with Crippen LogP contribution >= 0.6 is 11.8 Å². The van der Waals surface area contributed by atoms with Crippen LogP contribution in [-0.2, 0) is 12.4 Å². The Labute approximate surface area is 121 Å². The number of hydrogen-bond acceptors (Lipinski definition) is 4. The van der Waals surface area contributed by atoms with E-state index in [-0.39, 0.29) is 6.61 Å². The van der Waals surface area contributed by atoms with Crippen LogP contribution in [0.5, 0.6) is 0 Å². The molecular formula is C16H14N2OS. The molecule has 0 bridgehead atoms. The molecule has 0 radical (unpaired) electrons. The van der Waals surface area contributed by atoms with Crippen molar-refractivity contribution in [2.24, 2.45) is 0 Å². The fourth-order valence-electron chi connectivity index (χ4n) is 2.00. The Kier molecular flexibility index (Phi) is 3.95. The lowest BCUT2D eigenvalue weighted by atomic mass is 10.2. The predicted molar refractivity (Wildman–Crippen MR) is 81.5 cm³/mol. The second kappa shape index (κ2) is 6.03. The van der Waals surface area contributed by atoms with Gasteiger partial charge >= 0.3 is 0 Å². The predicted octanol–water partition coefficient (Wildman–Crippen LogP) is 3.41. The van der Waals surface area contributed by atoms with E-state index >= 15 is 0 Å². The van der Waals surface area contributed by atoms with Gasteiger partial charge < -0.3 is 5.11 Å². The van der Waals surface area contributed by atoms with Gasteiger partial charge in [-0.05, 0) is 11.1 Å². The molecule has 20 heavy (non-hydrogen) atoms. The number of rotatable bonds is 4. The molecule has 2 aromatic carbocycles. The van der Waals surface area contributed by atoms with Gasteiger partial charge in [0.05, 0.1) is 12.8 Å². The fourth-order valence-corrected chi connectivity index (χ4v) is 2.94. The average Bonchev–Trinajstić information content (AvgIpc) is 2.53. The monoisotopic (exact) mass is 282 g/mol. The van der Waals surface area contributed by atoms with Gasteiger partial charge in [0.25, 0.3) is 0 Å². The molecule has 0 spiro atoms. The van der Waals surface area contributed by atoms with E-state index in [9.17, 15) is 0 Å². The number of nitrogens with zero attached hydrogens (tertiary/aromatic N) is 2. The number of aliphatic hydroxyl groups is 1. The molecular weight excluding hydrogens is 268 g/mol. The van der Waals surface area contributed by atoms with E-state index in [0.29, 0.717) is 0 Å². The molecule has 1 heterocycles. The topological polar surface area (TPSA) is 46.0 Å². The Balaban J connectivity index is 1.79. The van der Waals surface area contributed by atoms with Crippen LogP contribution in [0.1, 0.15) is 11.1 Å². The van der Waals surface area contributed by atoms with Crippen molar-refractivity contribution in [1.29, 1.82) is 0 Å². The van der Waals surface area contributed by atoms with E-state index in [1.165, 1.54) is 5.56 Å². The summed E-state index contributed by atoms with van der Waals surface area (Å²) < 4.78 is 0. The highest BCUT2D eigenvalue weighted by atomic mass is 32.2. The highest BCUT2D eigenvalue weighted by Gasteiger charge is 2.04. The first kappa shape index (κ1) is 13.1. The van der Waals surface area contributed by atoms with Crippen LogP contribution in [0.3, 0.4) is 0 Å². The summed E-state index contributed by atoms with van der Waals surface area (Å²) in [7, 11) is 0. The summed E-state index contributed by atoms with van der Waals surface area (Å²) in [6.07, 6.45) is 1.79. The third-order valence-corrected chi connectivity index (χ3v) is 4.17. The Morgan fingerprint density at radius 3 is 2.50 bits per heavy atom. The molecule has 0 aliphatic rings. The minimum atomic E-state index is 0.0855. The van der Waals surface area contributed by atoms with E-state index in [0.717, 1.165) is 27.1 Å². The molecule has 0 amide bonds. The first-order valence-electron chi connectivity index (χ1n) is 6.39. The van der Waals surface area contributed by atoms with Crippen molar-refractivity contribution in [3.63, 3.8) is 0 Å². The third-order valence-electron chi connectivity index (χ3n) is 3.12. The van der Waals surface area contributed by atoms with Crippen LogP contribution in [0.4, 0.5) is 0 Å². The molecule has 4 heteroatoms. The summed E-state index contributed by atoms with van der Waals surface area (Å²) in [6.45, 7) is 0.0855. The number of thioether (sulfide) groups is 1. The molecule has 3 nitrogen and oxygen atoms in total. The summed E-state index contributed by atoms with van der Waals surface area (Å²) in [5.41, 5.74) is 2.14. The first-order valence-corrected chi connectivity index (χ1v) is 7.37. The highest BCUT2D eigenvalue weighted by molar-refractivity contribution is 7.98. The Bertz CT molecular complexity index is 708. The van der Waals surface area contributed by atoms with Gasteiger partial charge in [0, 0.05) is 16.5 Å². The molecule has 0 aliphatic heterocycles. The van der Waals surface area contributed by atoms with Gasteiger partial charge in [0.1, 0.15) is 5.03 Å². The normalized spacial score (nSPS) is 10.8. The largest absolute Gasteiger partial charge is 0.392 e. The molecule has 0 aliphatic carbocycles. The SMILES string of the molecule is OCc1ccc(CSc2nncc3ccccc23)cc1. The number of benzene rings is 2. The van der Waals surface area contributed by atoms with Crippen molar-refractivity contribution < 1.29 is 5.11 Å². The van der Waals surface area contributed by atoms with Crippen molar-refractivity contribution in [3.05, 3.63) is 65.9 Å². The second-order valence-electron chi connectivity index (χ2n) is 4.50. The van der Waals surface area contributed by atoms with Gasteiger partial charge in [-0.2, -0.15) is 5.10 Å². The molecule has 100 valence electrons. The van der Waals surface area contributed by atoms with Crippen LogP contribution in [0, 0.1) is 0 Å². The van der Waals surface area contributed by atoms with Crippen LogP contribution in [-0.4, -0.2) is 15.3 Å². The molecule has 0 atom stereocenters. The third kappa shape index (κ3) is 2.81. The van der Waals surface area contributed by atoms with Gasteiger partial charge in [-0.25, -0.2) is 0 Å². The van der Waals surface area contributed by atoms with Crippen molar-refractivity contribution in [2.45, 2.75) is 17.4 Å². The average molecular weight is 282 g/mol. The molecule has 0 unspecified atom stereocenters. The Morgan fingerprint density at radius 2 is 1.70 bits per heavy atom. The second-order valence-corrected chi connectivity index (χ2v) is 5.46. The summed E-state index contributed by atoms with van der Waals surface area (Å²) >= 11 is 1.68. The minimum absolute atomic E-state index is 0.0855. The van der Waals surface area contributed by atoms with Crippen LogP contribution in [0.2, 0.25) is 0 Å². The van der Waals surface area contributed by atoms with Crippen molar-refractivity contribution in [1.82, 2.24) is 10.2 Å². The van der Waals surface area contributed by atoms with Crippen LogP contribution < -0.4 is 0 Å². The van der Waals surface area contributed by atoms with E-state index < -0.39 is 0 Å². The maximum atomic E-state index is 9.03. The maximum Gasteiger partial charge on any atom is 0.127 e. The van der Waals surface area contributed by atoms with E-state index in [1.54, 1.807) is 18.0 Å². The molecule has 0 fully saturated rings. The lowest BCUT2D eigenvalue weighted by Gasteiger charge is -2.05. The van der Waals surface area contributed by atoms with Gasteiger partial charge in [-0.15, -0.1) is 5.10 Å². The molecule has 0 saturated heterocycles. The summed E-state index contributed by atoms with van der Waals surface area (Å²) in [6, 6.07) is 16.1. The van der Waals surface area contributed by atoms with Crippen LogP contribution in [0.15, 0.2) is 59.8 Å². The van der Waals surface area contributed by atoms with Gasteiger partial charge in [0.15, 0.2) is 0 Å². The zero-order valence-corrected chi connectivity index (χ0v) is 11.7. The lowest BCUT2D eigenvalue weighted by Crippen LogP contribution is -1.89. The summed E-state index contributed by atoms with van der Waals surface area (Å²) in [5.74, 6) is 0.842. The van der Waals surface area contributed by atoms with E-state index in [1.807, 2.05) is 42.5 Å². The molecule has 1 N–H and O–H groups in total. The standard InChI is InChI=1S/C16H14N2OS/c19-10-12-5-7-13(8-6-12)11-20-16-15-4-2-1-3-14(15)9-17-18-16/h1-9,19H,10-11H2. The summed E-state index contributed by atoms with van der Waals surface area (Å²) in [5, 5.41) is 20.5. The number of hydrogen-bond donors (Lipinski definition) is 1. The lowest BCUT2D eigenvalue weighted by molar-refractivity contribution is 0.282. The molecule has 3 rings (SSSR count). The Hall–Kier alpha value is -1.91. The van der Waals surface area contributed by atoms with Crippen LogP contribution in [0.25, 0.3) is 10.8 Å². The highest BCUT2D eigenvalue weighted by Crippen LogP contribution is 2.27. The van der Waals surface area contributed by atoms with E-state index in [2.05, 4.69) is 16.3 Å². The maximum absolute atomic E-state index is 9.03. The number of aromatic nitrogens is 2. The zero-order valence-electron chi connectivity index (χ0n) is 10.9. The molecule has 1 aromatic heterocycles. The minimum Gasteiger partial charge on any atom is -0.392 e. The number of fused-ring (bicyclic) bond motifs is 1. The van der Waals surface area contributed by atoms with E-state index in [4.69, 9.17) is 5.11 Å². The Morgan fingerprint density at radius 1 is 0.950 bits per heavy atom. The smallest absolute Gasteiger partial charge is 0.127 e. The quantitative estimate of drug-likeness (QED) is 0.745. The summed E-state index contributed by atoms with van der Waals surface area (Å²) in [4.78, 5) is 0. The zero-order chi connectivity index (χ0) is 13.8. The number of aliphatic hydroxyl groups excluding tert-OH is 1. The molecule has 3 aromatic rings.